The van der Waals surface area contributed by atoms with Gasteiger partial charge in [-0.3, -0.25) is 0 Å². The summed E-state index contributed by atoms with van der Waals surface area (Å²) in [5.74, 6) is -3.56. The molecule has 0 radical (unpaired) electrons. The van der Waals surface area contributed by atoms with Gasteiger partial charge in [-0.2, -0.15) is 0 Å². The Hall–Kier alpha value is -3.66. The summed E-state index contributed by atoms with van der Waals surface area (Å²) in [6.45, 7) is 3.60. The highest BCUT2D eigenvalue weighted by Gasteiger charge is 2.16. The van der Waals surface area contributed by atoms with Crippen LogP contribution in [-0.2, 0) is 6.42 Å². The monoisotopic (exact) mass is 460 g/mol. The first-order valence-corrected chi connectivity index (χ1v) is 11.2. The third-order valence-corrected chi connectivity index (χ3v) is 5.87. The first-order chi connectivity index (χ1) is 16.4. The van der Waals surface area contributed by atoms with Crippen molar-refractivity contribution in [1.29, 1.82) is 0 Å². The molecule has 4 rings (SSSR count). The van der Waals surface area contributed by atoms with Crippen molar-refractivity contribution in [2.75, 3.05) is 0 Å². The molecular weight excluding hydrogens is 436 g/mol. The van der Waals surface area contributed by atoms with Gasteiger partial charge in [0.15, 0.2) is 23.3 Å². The fraction of sp³-hybridized carbons (Fsp3) is 0.133. The van der Waals surface area contributed by atoms with Crippen LogP contribution < -0.4 is 0 Å². The molecule has 0 aromatic heterocycles. The van der Waals surface area contributed by atoms with Gasteiger partial charge in [-0.05, 0) is 41.2 Å². The maximum Gasteiger partial charge on any atom is 0.167 e. The van der Waals surface area contributed by atoms with E-state index in [-0.39, 0.29) is 22.3 Å². The van der Waals surface area contributed by atoms with Crippen LogP contribution in [-0.4, -0.2) is 0 Å². The van der Waals surface area contributed by atoms with E-state index >= 15 is 0 Å². The van der Waals surface area contributed by atoms with Gasteiger partial charge in [-0.25, -0.2) is 17.6 Å². The van der Waals surface area contributed by atoms with Crippen molar-refractivity contribution in [3.05, 3.63) is 118 Å². The molecular formula is C30H24F4. The molecule has 0 N–H and O–H groups in total. The van der Waals surface area contributed by atoms with Crippen LogP contribution >= 0.6 is 0 Å². The lowest BCUT2D eigenvalue weighted by atomic mass is 9.97. The third kappa shape index (κ3) is 4.81. The lowest BCUT2D eigenvalue weighted by molar-refractivity contribution is 0.501. The lowest BCUT2D eigenvalue weighted by Gasteiger charge is -2.10. The van der Waals surface area contributed by atoms with Crippen molar-refractivity contribution >= 4 is 12.2 Å². The Kier molecular flexibility index (Phi) is 6.97. The van der Waals surface area contributed by atoms with Crippen molar-refractivity contribution in [1.82, 2.24) is 0 Å². The zero-order valence-corrected chi connectivity index (χ0v) is 19.0. The Morgan fingerprint density at radius 2 is 1.15 bits per heavy atom. The molecule has 0 fully saturated rings. The van der Waals surface area contributed by atoms with E-state index in [1.54, 1.807) is 42.5 Å². The van der Waals surface area contributed by atoms with Crippen molar-refractivity contribution in [3.63, 3.8) is 0 Å². The van der Waals surface area contributed by atoms with Gasteiger partial charge in [0, 0.05) is 16.7 Å². The number of benzene rings is 4. The van der Waals surface area contributed by atoms with E-state index in [1.807, 2.05) is 24.3 Å². The number of halogens is 4. The zero-order chi connectivity index (χ0) is 24.2. The van der Waals surface area contributed by atoms with Crippen molar-refractivity contribution < 1.29 is 17.6 Å². The van der Waals surface area contributed by atoms with Gasteiger partial charge in [-0.15, -0.1) is 0 Å². The Labute approximate surface area is 197 Å². The number of rotatable bonds is 6. The van der Waals surface area contributed by atoms with Gasteiger partial charge in [0.05, 0.1) is 0 Å². The summed E-state index contributed by atoms with van der Waals surface area (Å²) in [6, 6.07) is 20.5. The summed E-state index contributed by atoms with van der Waals surface area (Å²) in [7, 11) is 0. The normalized spacial score (nSPS) is 11.4. The van der Waals surface area contributed by atoms with Crippen LogP contribution in [0.1, 0.15) is 35.6 Å². The smallest absolute Gasteiger partial charge is 0.167 e. The summed E-state index contributed by atoms with van der Waals surface area (Å²) in [5.41, 5.74) is 3.78. The predicted octanol–water partition coefficient (Wildman–Crippen LogP) is 9.01. The van der Waals surface area contributed by atoms with E-state index in [4.69, 9.17) is 0 Å². The van der Waals surface area contributed by atoms with Crippen LogP contribution in [0.25, 0.3) is 34.4 Å². The molecule has 172 valence electrons. The molecule has 0 amide bonds. The predicted molar refractivity (Wildman–Crippen MR) is 131 cm³/mol. The lowest BCUT2D eigenvalue weighted by Crippen LogP contribution is -1.94. The summed E-state index contributed by atoms with van der Waals surface area (Å²) in [6.07, 6.45) is 5.08. The molecule has 0 bridgehead atoms. The van der Waals surface area contributed by atoms with E-state index in [1.165, 1.54) is 25.1 Å². The first kappa shape index (κ1) is 23.5. The van der Waals surface area contributed by atoms with Crippen LogP contribution in [0.3, 0.4) is 0 Å². The van der Waals surface area contributed by atoms with E-state index in [9.17, 15) is 17.6 Å². The van der Waals surface area contributed by atoms with Gasteiger partial charge in [0.25, 0.3) is 0 Å². The molecule has 4 heteroatoms. The maximum absolute atomic E-state index is 15.0. The van der Waals surface area contributed by atoms with Crippen molar-refractivity contribution in [2.24, 2.45) is 0 Å². The molecule has 34 heavy (non-hydrogen) atoms. The minimum Gasteiger partial charge on any atom is -0.203 e. The average molecular weight is 461 g/mol. The number of aryl methyl sites for hydroxylation is 2. The Bertz CT molecular complexity index is 1330. The van der Waals surface area contributed by atoms with Gasteiger partial charge < -0.3 is 0 Å². The van der Waals surface area contributed by atoms with Gasteiger partial charge in [-0.1, -0.05) is 98.3 Å². The molecule has 0 aliphatic heterocycles. The van der Waals surface area contributed by atoms with E-state index in [0.717, 1.165) is 18.4 Å². The average Bonchev–Trinajstić information content (AvgIpc) is 2.85. The second-order valence-electron chi connectivity index (χ2n) is 8.29. The fourth-order valence-electron chi connectivity index (χ4n) is 3.88. The molecule has 0 saturated heterocycles. The SMILES string of the molecule is CCCc1ccc(-c2ccc(-c3ccc(C=Cc4ccc(C)c(F)c4F)cc3)c(F)c2F)cc1. The van der Waals surface area contributed by atoms with E-state index in [2.05, 4.69) is 6.92 Å². The van der Waals surface area contributed by atoms with Gasteiger partial charge in [0.1, 0.15) is 0 Å². The van der Waals surface area contributed by atoms with Crippen LogP contribution in [0.5, 0.6) is 0 Å². The van der Waals surface area contributed by atoms with Crippen LogP contribution in [0, 0.1) is 30.2 Å². The summed E-state index contributed by atoms with van der Waals surface area (Å²) in [5, 5.41) is 0. The highest BCUT2D eigenvalue weighted by Crippen LogP contribution is 2.32. The van der Waals surface area contributed by atoms with Gasteiger partial charge in [0.2, 0.25) is 0 Å². The largest absolute Gasteiger partial charge is 0.203 e. The molecule has 0 saturated carbocycles. The zero-order valence-electron chi connectivity index (χ0n) is 19.0. The third-order valence-electron chi connectivity index (χ3n) is 5.87. The van der Waals surface area contributed by atoms with Crippen LogP contribution in [0.15, 0.2) is 72.8 Å². The quantitative estimate of drug-likeness (QED) is 0.199. The molecule has 0 nitrogen and oxygen atoms in total. The Morgan fingerprint density at radius 1 is 0.588 bits per heavy atom. The number of hydrogen-bond donors (Lipinski definition) is 0. The summed E-state index contributed by atoms with van der Waals surface area (Å²) in [4.78, 5) is 0. The second-order valence-corrected chi connectivity index (χ2v) is 8.29. The van der Waals surface area contributed by atoms with E-state index < -0.39 is 23.3 Å². The molecule has 4 aromatic rings. The molecule has 0 spiro atoms. The fourth-order valence-corrected chi connectivity index (χ4v) is 3.88. The van der Waals surface area contributed by atoms with Crippen molar-refractivity contribution in [2.45, 2.75) is 26.7 Å². The van der Waals surface area contributed by atoms with Crippen LogP contribution in [0.2, 0.25) is 0 Å². The van der Waals surface area contributed by atoms with E-state index in [0.29, 0.717) is 16.7 Å². The molecule has 0 atom stereocenters. The van der Waals surface area contributed by atoms with Crippen molar-refractivity contribution in [3.8, 4) is 22.3 Å². The van der Waals surface area contributed by atoms with Crippen LogP contribution in [0.4, 0.5) is 17.6 Å². The Morgan fingerprint density at radius 3 is 1.71 bits per heavy atom. The maximum atomic E-state index is 15.0. The first-order valence-electron chi connectivity index (χ1n) is 11.2. The highest BCUT2D eigenvalue weighted by molar-refractivity contribution is 5.74. The standard InChI is InChI=1S/C30H24F4/c1-3-4-20-6-12-22(13-7-20)25-17-18-26(30(34)29(25)33)23-14-8-21(9-15-23)10-16-24-11-5-19(2)27(31)28(24)32/h5-18H,3-4H2,1-2H3. The highest BCUT2D eigenvalue weighted by atomic mass is 19.2. The molecule has 0 heterocycles. The molecule has 0 aliphatic carbocycles. The minimum atomic E-state index is -0.907. The second kappa shape index (κ2) is 10.1. The van der Waals surface area contributed by atoms with Gasteiger partial charge >= 0.3 is 0 Å². The number of hydrogen-bond acceptors (Lipinski definition) is 0. The topological polar surface area (TPSA) is 0 Å². The molecule has 0 aliphatic rings. The summed E-state index contributed by atoms with van der Waals surface area (Å²) >= 11 is 0. The Balaban J connectivity index is 1.57. The minimum absolute atomic E-state index is 0.138. The molecule has 4 aromatic carbocycles. The molecule has 0 unspecified atom stereocenters. The summed E-state index contributed by atoms with van der Waals surface area (Å²) < 4.78 is 57.6.